The average molecular weight is 318 g/mol. The minimum absolute atomic E-state index is 0.00764. The van der Waals surface area contributed by atoms with E-state index in [1.807, 2.05) is 39.0 Å². The molecular formula is C18H26N2O3. The topological polar surface area (TPSA) is 67.4 Å². The highest BCUT2D eigenvalue weighted by Crippen LogP contribution is 2.11. The van der Waals surface area contributed by atoms with Gasteiger partial charge < -0.3 is 15.4 Å². The molecule has 1 aromatic rings. The fourth-order valence-corrected chi connectivity index (χ4v) is 2.68. The Morgan fingerprint density at radius 3 is 2.74 bits per heavy atom. The maximum Gasteiger partial charge on any atom is 0.251 e. The van der Waals surface area contributed by atoms with Crippen molar-refractivity contribution in [1.82, 2.24) is 10.6 Å². The van der Waals surface area contributed by atoms with E-state index in [4.69, 9.17) is 4.74 Å². The van der Waals surface area contributed by atoms with Gasteiger partial charge in [0.25, 0.3) is 5.91 Å². The van der Waals surface area contributed by atoms with Crippen molar-refractivity contribution in [1.29, 1.82) is 0 Å². The van der Waals surface area contributed by atoms with Crippen LogP contribution in [-0.2, 0) is 9.53 Å². The Labute approximate surface area is 137 Å². The second kappa shape index (κ2) is 8.11. The van der Waals surface area contributed by atoms with Crippen molar-refractivity contribution in [2.75, 3.05) is 13.2 Å². The van der Waals surface area contributed by atoms with E-state index >= 15 is 0 Å². The van der Waals surface area contributed by atoms with Crippen molar-refractivity contribution >= 4 is 11.8 Å². The Morgan fingerprint density at radius 2 is 2.13 bits per heavy atom. The van der Waals surface area contributed by atoms with Gasteiger partial charge in [-0.2, -0.15) is 0 Å². The number of rotatable bonds is 6. The van der Waals surface area contributed by atoms with E-state index in [1.54, 1.807) is 6.07 Å². The summed E-state index contributed by atoms with van der Waals surface area (Å²) >= 11 is 0. The third-order valence-corrected chi connectivity index (χ3v) is 4.04. The van der Waals surface area contributed by atoms with Gasteiger partial charge in [-0.05, 0) is 37.8 Å². The highest BCUT2D eigenvalue weighted by Gasteiger charge is 2.26. The molecule has 23 heavy (non-hydrogen) atoms. The number of carbonyl (C=O) groups is 2. The summed E-state index contributed by atoms with van der Waals surface area (Å²) in [5.41, 5.74) is 1.59. The van der Waals surface area contributed by atoms with Gasteiger partial charge in [-0.1, -0.05) is 31.5 Å². The molecule has 1 saturated heterocycles. The van der Waals surface area contributed by atoms with Gasteiger partial charge in [0.2, 0.25) is 5.91 Å². The first-order valence-electron chi connectivity index (χ1n) is 8.24. The predicted molar refractivity (Wildman–Crippen MR) is 89.3 cm³/mol. The van der Waals surface area contributed by atoms with Crippen molar-refractivity contribution < 1.29 is 14.3 Å². The Bertz CT molecular complexity index is 551. The van der Waals surface area contributed by atoms with Gasteiger partial charge in [0, 0.05) is 18.7 Å². The third-order valence-electron chi connectivity index (χ3n) is 4.04. The van der Waals surface area contributed by atoms with Crippen LogP contribution in [0.25, 0.3) is 0 Å². The fraction of sp³-hybridized carbons (Fsp3) is 0.556. The van der Waals surface area contributed by atoms with Crippen molar-refractivity contribution in [3.8, 4) is 0 Å². The van der Waals surface area contributed by atoms with Crippen molar-refractivity contribution in [3.63, 3.8) is 0 Å². The largest absolute Gasteiger partial charge is 0.376 e. The maximum atomic E-state index is 12.4. The number of carbonyl (C=O) groups excluding carboxylic acids is 2. The zero-order valence-corrected chi connectivity index (χ0v) is 14.1. The van der Waals surface area contributed by atoms with Gasteiger partial charge >= 0.3 is 0 Å². The van der Waals surface area contributed by atoms with Crippen LogP contribution in [0.3, 0.4) is 0 Å². The van der Waals surface area contributed by atoms with Crippen LogP contribution in [0.1, 0.15) is 42.6 Å². The SMILES string of the molecule is Cc1cccc(C(=O)NC(C(=O)NCC2CCCO2)C(C)C)c1. The first kappa shape index (κ1) is 17.5. The van der Waals surface area contributed by atoms with E-state index in [1.165, 1.54) is 0 Å². The number of nitrogens with one attached hydrogen (secondary N) is 2. The van der Waals surface area contributed by atoms with Gasteiger partial charge in [0.15, 0.2) is 0 Å². The van der Waals surface area contributed by atoms with E-state index < -0.39 is 6.04 Å². The van der Waals surface area contributed by atoms with Crippen LogP contribution < -0.4 is 10.6 Å². The molecule has 1 heterocycles. The minimum Gasteiger partial charge on any atom is -0.376 e. The normalized spacial score (nSPS) is 18.7. The molecule has 1 aliphatic rings. The quantitative estimate of drug-likeness (QED) is 0.843. The summed E-state index contributed by atoms with van der Waals surface area (Å²) in [5.74, 6) is -0.371. The number of hydrogen-bond donors (Lipinski definition) is 2. The summed E-state index contributed by atoms with van der Waals surface area (Å²) in [7, 11) is 0. The molecule has 1 aromatic carbocycles. The summed E-state index contributed by atoms with van der Waals surface area (Å²) in [6.07, 6.45) is 2.11. The predicted octanol–water partition coefficient (Wildman–Crippen LogP) is 2.04. The van der Waals surface area contributed by atoms with Crippen LogP contribution in [0.2, 0.25) is 0 Å². The molecular weight excluding hydrogens is 292 g/mol. The lowest BCUT2D eigenvalue weighted by atomic mass is 10.0. The van der Waals surface area contributed by atoms with Crippen LogP contribution in [0.5, 0.6) is 0 Å². The lowest BCUT2D eigenvalue weighted by molar-refractivity contribution is -0.124. The van der Waals surface area contributed by atoms with Crippen molar-refractivity contribution in [2.24, 2.45) is 5.92 Å². The smallest absolute Gasteiger partial charge is 0.251 e. The van der Waals surface area contributed by atoms with E-state index in [-0.39, 0.29) is 23.8 Å². The number of benzene rings is 1. The maximum absolute atomic E-state index is 12.4. The zero-order chi connectivity index (χ0) is 16.8. The number of aryl methyl sites for hydroxylation is 1. The number of ether oxygens (including phenoxy) is 1. The van der Waals surface area contributed by atoms with Gasteiger partial charge in [0.05, 0.1) is 6.10 Å². The van der Waals surface area contributed by atoms with Crippen LogP contribution in [0.4, 0.5) is 0 Å². The molecule has 126 valence electrons. The first-order valence-corrected chi connectivity index (χ1v) is 8.24. The van der Waals surface area contributed by atoms with Crippen molar-refractivity contribution in [2.45, 2.75) is 45.8 Å². The highest BCUT2D eigenvalue weighted by molar-refractivity contribution is 5.97. The Hall–Kier alpha value is -1.88. The molecule has 5 heteroatoms. The Morgan fingerprint density at radius 1 is 1.35 bits per heavy atom. The number of hydrogen-bond acceptors (Lipinski definition) is 3. The second-order valence-electron chi connectivity index (χ2n) is 6.44. The standard InChI is InChI=1S/C18H26N2O3/c1-12(2)16(18(22)19-11-15-8-5-9-23-15)20-17(21)14-7-4-6-13(3)10-14/h4,6-7,10,12,15-16H,5,8-9,11H2,1-3H3,(H,19,22)(H,20,21). The molecule has 1 aliphatic heterocycles. The molecule has 5 nitrogen and oxygen atoms in total. The van der Waals surface area contributed by atoms with Crippen LogP contribution in [0.15, 0.2) is 24.3 Å². The molecule has 0 aromatic heterocycles. The molecule has 0 aliphatic carbocycles. The molecule has 0 spiro atoms. The molecule has 0 radical (unpaired) electrons. The van der Waals surface area contributed by atoms with Crippen LogP contribution >= 0.6 is 0 Å². The summed E-state index contributed by atoms with van der Waals surface area (Å²) in [6.45, 7) is 7.05. The molecule has 1 fully saturated rings. The highest BCUT2D eigenvalue weighted by atomic mass is 16.5. The average Bonchev–Trinajstić information content (AvgIpc) is 3.03. The summed E-state index contributed by atoms with van der Waals surface area (Å²) in [6, 6.07) is 6.79. The van der Waals surface area contributed by atoms with Gasteiger partial charge in [-0.25, -0.2) is 0 Å². The zero-order valence-electron chi connectivity index (χ0n) is 14.1. The van der Waals surface area contributed by atoms with E-state index in [2.05, 4.69) is 10.6 Å². The summed E-state index contributed by atoms with van der Waals surface area (Å²) in [5, 5.41) is 5.74. The molecule has 2 atom stereocenters. The summed E-state index contributed by atoms with van der Waals surface area (Å²) in [4.78, 5) is 24.8. The molecule has 2 unspecified atom stereocenters. The molecule has 2 amide bonds. The van der Waals surface area contributed by atoms with Crippen LogP contribution in [0, 0.1) is 12.8 Å². The monoisotopic (exact) mass is 318 g/mol. The lowest BCUT2D eigenvalue weighted by Crippen LogP contribution is -2.50. The van der Waals surface area contributed by atoms with E-state index in [9.17, 15) is 9.59 Å². The fourth-order valence-electron chi connectivity index (χ4n) is 2.68. The first-order chi connectivity index (χ1) is 11.0. The Kier molecular flexibility index (Phi) is 6.16. The molecule has 0 saturated carbocycles. The van der Waals surface area contributed by atoms with Crippen LogP contribution in [-0.4, -0.2) is 37.1 Å². The van der Waals surface area contributed by atoms with Gasteiger partial charge in [-0.15, -0.1) is 0 Å². The van der Waals surface area contributed by atoms with Crippen molar-refractivity contribution in [3.05, 3.63) is 35.4 Å². The number of amides is 2. The van der Waals surface area contributed by atoms with Gasteiger partial charge in [0.1, 0.15) is 6.04 Å². The minimum atomic E-state index is -0.551. The third kappa shape index (κ3) is 5.06. The molecule has 0 bridgehead atoms. The van der Waals surface area contributed by atoms with E-state index in [0.29, 0.717) is 12.1 Å². The molecule has 2 rings (SSSR count). The lowest BCUT2D eigenvalue weighted by Gasteiger charge is -2.22. The Balaban J connectivity index is 1.94. The second-order valence-corrected chi connectivity index (χ2v) is 6.44. The summed E-state index contributed by atoms with van der Waals surface area (Å²) < 4.78 is 5.51. The molecule has 2 N–H and O–H groups in total. The van der Waals surface area contributed by atoms with Gasteiger partial charge in [-0.3, -0.25) is 9.59 Å². The van der Waals surface area contributed by atoms with E-state index in [0.717, 1.165) is 25.0 Å².